The van der Waals surface area contributed by atoms with Crippen molar-refractivity contribution in [2.45, 2.75) is 78.1 Å². The van der Waals surface area contributed by atoms with E-state index in [0.717, 1.165) is 31.2 Å². The molecule has 0 aliphatic heterocycles. The molecule has 1 rings (SSSR count). The average molecular weight is 291 g/mol. The molecule has 0 radical (unpaired) electrons. The fraction of sp³-hybridized carbons (Fsp3) is 0.667. The van der Waals surface area contributed by atoms with Crippen LogP contribution in [0.25, 0.3) is 0 Å². The first-order valence-corrected chi connectivity index (χ1v) is 8.45. The van der Waals surface area contributed by atoms with Crippen molar-refractivity contribution < 1.29 is 4.92 Å². The summed E-state index contributed by atoms with van der Waals surface area (Å²) in [6, 6.07) is 5.53. The first-order valence-electron chi connectivity index (χ1n) is 8.45. The van der Waals surface area contributed by atoms with Crippen LogP contribution in [0, 0.1) is 10.1 Å². The third kappa shape index (κ3) is 6.28. The second-order valence-corrected chi connectivity index (χ2v) is 5.79. The van der Waals surface area contributed by atoms with Crippen molar-refractivity contribution in [3.8, 4) is 0 Å². The van der Waals surface area contributed by atoms with Crippen LogP contribution in [-0.4, -0.2) is 4.92 Å². The van der Waals surface area contributed by atoms with E-state index in [-0.39, 0.29) is 4.92 Å². The first-order chi connectivity index (χ1) is 10.2. The molecular weight excluding hydrogens is 262 g/mol. The van der Waals surface area contributed by atoms with Gasteiger partial charge in [-0.2, -0.15) is 0 Å². The highest BCUT2D eigenvalue weighted by molar-refractivity contribution is 5.45. The molecule has 1 aromatic rings. The third-order valence-corrected chi connectivity index (χ3v) is 3.99. The quantitative estimate of drug-likeness (QED) is 0.292. The molecule has 3 nitrogen and oxygen atoms in total. The molecule has 0 spiro atoms. The highest BCUT2D eigenvalue weighted by Crippen LogP contribution is 2.25. The molecule has 21 heavy (non-hydrogen) atoms. The van der Waals surface area contributed by atoms with Crippen molar-refractivity contribution in [1.29, 1.82) is 0 Å². The van der Waals surface area contributed by atoms with Crippen LogP contribution in [0.3, 0.4) is 0 Å². The monoisotopic (exact) mass is 291 g/mol. The normalized spacial score (nSPS) is 10.8. The molecule has 0 fully saturated rings. The van der Waals surface area contributed by atoms with E-state index in [1.54, 1.807) is 6.07 Å². The summed E-state index contributed by atoms with van der Waals surface area (Å²) in [5, 5.41) is 11.1. The lowest BCUT2D eigenvalue weighted by Crippen LogP contribution is -2.01. The zero-order valence-electron chi connectivity index (χ0n) is 13.6. The summed E-state index contributed by atoms with van der Waals surface area (Å²) in [7, 11) is 0. The Labute approximate surface area is 128 Å². The van der Waals surface area contributed by atoms with Gasteiger partial charge in [0.2, 0.25) is 0 Å². The van der Waals surface area contributed by atoms with Gasteiger partial charge in [-0.05, 0) is 24.8 Å². The Kier molecular flexibility index (Phi) is 8.72. The fourth-order valence-corrected chi connectivity index (χ4v) is 2.84. The van der Waals surface area contributed by atoms with Gasteiger partial charge in [0.15, 0.2) is 0 Å². The minimum Gasteiger partial charge on any atom is -0.258 e. The van der Waals surface area contributed by atoms with Crippen molar-refractivity contribution in [2.75, 3.05) is 0 Å². The Bertz CT molecular complexity index is 429. The number of nitrogens with zero attached hydrogens (tertiary/aromatic N) is 1. The van der Waals surface area contributed by atoms with Gasteiger partial charge in [-0.1, -0.05) is 70.9 Å². The molecule has 0 amide bonds. The second-order valence-electron chi connectivity index (χ2n) is 5.79. The summed E-state index contributed by atoms with van der Waals surface area (Å²) >= 11 is 0. The van der Waals surface area contributed by atoms with Crippen molar-refractivity contribution in [2.24, 2.45) is 0 Å². The van der Waals surface area contributed by atoms with Crippen molar-refractivity contribution in [3.63, 3.8) is 0 Å². The van der Waals surface area contributed by atoms with Gasteiger partial charge in [-0.25, -0.2) is 0 Å². The van der Waals surface area contributed by atoms with Crippen LogP contribution in [-0.2, 0) is 12.8 Å². The van der Waals surface area contributed by atoms with Crippen molar-refractivity contribution in [3.05, 3.63) is 39.4 Å². The largest absolute Gasteiger partial charge is 0.272 e. The summed E-state index contributed by atoms with van der Waals surface area (Å²) in [4.78, 5) is 10.9. The minimum absolute atomic E-state index is 0.237. The molecular formula is C18H29NO2. The fourth-order valence-electron chi connectivity index (χ4n) is 2.84. The number of nitro groups is 1. The lowest BCUT2D eigenvalue weighted by molar-refractivity contribution is -0.385. The number of nitro benzene ring substituents is 1. The standard InChI is InChI=1S/C18H29NO2/c1-3-5-6-7-8-9-10-13-16-14-11-15-18(19(20)21)17(16)12-4-2/h11,14-15H,3-10,12-13H2,1-2H3. The van der Waals surface area contributed by atoms with E-state index in [0.29, 0.717) is 5.69 Å². The van der Waals surface area contributed by atoms with Gasteiger partial charge in [0.1, 0.15) is 0 Å². The van der Waals surface area contributed by atoms with Crippen LogP contribution < -0.4 is 0 Å². The maximum absolute atomic E-state index is 11.1. The summed E-state index contributed by atoms with van der Waals surface area (Å²) < 4.78 is 0. The lowest BCUT2D eigenvalue weighted by atomic mass is 9.96. The highest BCUT2D eigenvalue weighted by Gasteiger charge is 2.15. The number of rotatable bonds is 11. The van der Waals surface area contributed by atoms with Gasteiger partial charge in [0.25, 0.3) is 5.69 Å². The van der Waals surface area contributed by atoms with Gasteiger partial charge in [0.05, 0.1) is 4.92 Å². The molecule has 0 bridgehead atoms. The zero-order valence-corrected chi connectivity index (χ0v) is 13.6. The van der Waals surface area contributed by atoms with E-state index in [4.69, 9.17) is 0 Å². The SMILES string of the molecule is CCCCCCCCCc1cccc([N+](=O)[O-])c1CCC. The summed E-state index contributed by atoms with van der Waals surface area (Å²) in [5.74, 6) is 0. The Hall–Kier alpha value is -1.38. The minimum atomic E-state index is -0.237. The second kappa shape index (κ2) is 10.4. The van der Waals surface area contributed by atoms with Gasteiger partial charge in [-0.3, -0.25) is 10.1 Å². The number of hydrogen-bond acceptors (Lipinski definition) is 2. The van der Waals surface area contributed by atoms with Gasteiger partial charge >= 0.3 is 0 Å². The molecule has 0 aromatic heterocycles. The van der Waals surface area contributed by atoms with Crippen LogP contribution >= 0.6 is 0 Å². The Morgan fingerprint density at radius 1 is 0.905 bits per heavy atom. The van der Waals surface area contributed by atoms with Gasteiger partial charge in [-0.15, -0.1) is 0 Å². The maximum atomic E-state index is 11.1. The molecule has 0 saturated heterocycles. The van der Waals surface area contributed by atoms with Gasteiger partial charge in [0, 0.05) is 11.6 Å². The number of aryl methyl sites for hydroxylation is 1. The lowest BCUT2D eigenvalue weighted by Gasteiger charge is -2.09. The van der Waals surface area contributed by atoms with Crippen LogP contribution in [0.4, 0.5) is 5.69 Å². The molecule has 3 heteroatoms. The van der Waals surface area contributed by atoms with Gasteiger partial charge < -0.3 is 0 Å². The van der Waals surface area contributed by atoms with Crippen LogP contribution in [0.15, 0.2) is 18.2 Å². The Morgan fingerprint density at radius 3 is 2.19 bits per heavy atom. The van der Waals surface area contributed by atoms with E-state index in [9.17, 15) is 10.1 Å². The first kappa shape index (κ1) is 17.7. The number of unbranched alkanes of at least 4 members (excludes halogenated alkanes) is 6. The summed E-state index contributed by atoms with van der Waals surface area (Å²) in [5.41, 5.74) is 2.44. The molecule has 0 aliphatic carbocycles. The Balaban J connectivity index is 2.50. The highest BCUT2D eigenvalue weighted by atomic mass is 16.6. The molecule has 0 atom stereocenters. The van der Waals surface area contributed by atoms with Crippen molar-refractivity contribution >= 4 is 5.69 Å². The van der Waals surface area contributed by atoms with Crippen molar-refractivity contribution in [1.82, 2.24) is 0 Å². The topological polar surface area (TPSA) is 43.1 Å². The van der Waals surface area contributed by atoms with E-state index in [2.05, 4.69) is 19.9 Å². The van der Waals surface area contributed by atoms with Crippen LogP contribution in [0.2, 0.25) is 0 Å². The summed E-state index contributed by atoms with van der Waals surface area (Å²) in [6.45, 7) is 4.31. The van der Waals surface area contributed by atoms with E-state index >= 15 is 0 Å². The molecule has 1 aromatic carbocycles. The predicted molar refractivity (Wildman–Crippen MR) is 88.8 cm³/mol. The molecule has 0 unspecified atom stereocenters. The summed E-state index contributed by atoms with van der Waals surface area (Å²) in [6.07, 6.45) is 11.7. The van der Waals surface area contributed by atoms with Crippen LogP contribution in [0.5, 0.6) is 0 Å². The third-order valence-electron chi connectivity index (χ3n) is 3.99. The number of benzene rings is 1. The molecule has 118 valence electrons. The smallest absolute Gasteiger partial charge is 0.258 e. The van der Waals surface area contributed by atoms with E-state index in [1.165, 1.54) is 44.1 Å². The zero-order chi connectivity index (χ0) is 15.5. The molecule has 0 aliphatic rings. The molecule has 0 heterocycles. The maximum Gasteiger partial charge on any atom is 0.272 e. The van der Waals surface area contributed by atoms with E-state index < -0.39 is 0 Å². The Morgan fingerprint density at radius 2 is 1.57 bits per heavy atom. The van der Waals surface area contributed by atoms with Crippen LogP contribution in [0.1, 0.15) is 76.3 Å². The van der Waals surface area contributed by atoms with E-state index in [1.807, 2.05) is 6.07 Å². The number of hydrogen-bond donors (Lipinski definition) is 0. The predicted octanol–water partition coefficient (Wildman–Crippen LogP) is 5.84. The molecule has 0 N–H and O–H groups in total. The molecule has 0 saturated carbocycles. The average Bonchev–Trinajstić information content (AvgIpc) is 2.47.